The summed E-state index contributed by atoms with van der Waals surface area (Å²) in [7, 11) is 2.16. The summed E-state index contributed by atoms with van der Waals surface area (Å²) in [6.07, 6.45) is 11.4. The second-order valence-electron chi connectivity index (χ2n) is 15.5. The van der Waals surface area contributed by atoms with E-state index < -0.39 is 29.7 Å². The number of carbonyl (C=O) groups excluding carboxylic acids is 4. The van der Waals surface area contributed by atoms with E-state index in [1.54, 1.807) is 18.2 Å². The summed E-state index contributed by atoms with van der Waals surface area (Å²) >= 11 is 0. The molecule has 4 aliphatic heterocycles. The van der Waals surface area contributed by atoms with Crippen LogP contribution in [-0.2, 0) is 21.4 Å². The number of nitrogens with one attached hydrogen (secondary N) is 1. The lowest BCUT2D eigenvalue weighted by molar-refractivity contribution is -0.136. The van der Waals surface area contributed by atoms with Gasteiger partial charge in [0.15, 0.2) is 0 Å². The molecule has 1 atom stereocenters. The number of aromatic nitrogens is 2. The van der Waals surface area contributed by atoms with Gasteiger partial charge < -0.3 is 18.9 Å². The van der Waals surface area contributed by atoms with E-state index in [1.807, 2.05) is 12.4 Å². The van der Waals surface area contributed by atoms with E-state index in [0.29, 0.717) is 36.5 Å². The van der Waals surface area contributed by atoms with Crippen molar-refractivity contribution in [1.82, 2.24) is 29.6 Å². The average Bonchev–Trinajstić information content (AvgIpc) is 3.58. The van der Waals surface area contributed by atoms with Crippen LogP contribution in [-0.4, -0.2) is 112 Å². The van der Waals surface area contributed by atoms with Gasteiger partial charge in [-0.15, -0.1) is 0 Å². The van der Waals surface area contributed by atoms with Crippen LogP contribution < -0.4 is 10.1 Å². The molecule has 4 aromatic rings. The molecule has 12 nitrogen and oxygen atoms in total. The molecule has 1 aliphatic carbocycles. The molecule has 1 N–H and O–H groups in total. The van der Waals surface area contributed by atoms with E-state index in [9.17, 15) is 19.2 Å². The lowest BCUT2D eigenvalue weighted by atomic mass is 9.83. The second kappa shape index (κ2) is 14.0. The molecule has 276 valence electrons. The molecule has 4 amide bonds. The maximum Gasteiger partial charge on any atom is 0.262 e. The van der Waals surface area contributed by atoms with Gasteiger partial charge in [-0.25, -0.2) is 0 Å². The van der Waals surface area contributed by atoms with Crippen LogP contribution >= 0.6 is 0 Å². The molecule has 9 rings (SSSR count). The monoisotopic (exact) mass is 718 g/mol. The summed E-state index contributed by atoms with van der Waals surface area (Å²) in [4.78, 5) is 60.4. The van der Waals surface area contributed by atoms with E-state index in [1.165, 1.54) is 40.2 Å². The standard InChI is InChI=1S/C41H46N6O6/c1-44-35-8-13-42-24-34(35)31-4-2-26(20-37(31)44)25-9-16-46(17-10-25)27-21-30(22-27)53-28-11-14-45(15-12-28)18-19-52-29-3-5-32-33(23-29)41(51)47(40(32)50)36-6-7-38(48)43-39(36)49/h2-5,8,13,20,23-25,27-28,30,36H,6-7,9-12,14-19,21-22H2,1H3,(H,43,48,49)/t27-,30+,36?. The van der Waals surface area contributed by atoms with Crippen molar-refractivity contribution in [3.8, 4) is 5.75 Å². The predicted octanol–water partition coefficient (Wildman–Crippen LogP) is 4.40. The number of likely N-dealkylation sites (tertiary alicyclic amines) is 2. The number of carbonyl (C=O) groups is 4. The minimum Gasteiger partial charge on any atom is -0.492 e. The van der Waals surface area contributed by atoms with Gasteiger partial charge in [0, 0.05) is 67.8 Å². The zero-order chi connectivity index (χ0) is 36.2. The molecule has 2 aromatic heterocycles. The summed E-state index contributed by atoms with van der Waals surface area (Å²) < 4.78 is 14.9. The number of piperidine rings is 3. The number of benzene rings is 2. The number of hydrogen-bond donors (Lipinski definition) is 1. The average molecular weight is 719 g/mol. The molecule has 4 fully saturated rings. The van der Waals surface area contributed by atoms with Gasteiger partial charge in [-0.2, -0.15) is 0 Å². The Labute approximate surface area is 308 Å². The highest BCUT2D eigenvalue weighted by molar-refractivity contribution is 6.23. The number of rotatable bonds is 9. The summed E-state index contributed by atoms with van der Waals surface area (Å²) in [5.74, 6) is -0.935. The summed E-state index contributed by atoms with van der Waals surface area (Å²) in [6.45, 7) is 5.43. The van der Waals surface area contributed by atoms with Gasteiger partial charge in [-0.3, -0.25) is 39.3 Å². The molecule has 2 aromatic carbocycles. The van der Waals surface area contributed by atoms with Gasteiger partial charge in [0.05, 0.1) is 28.9 Å². The Bertz CT molecular complexity index is 2090. The van der Waals surface area contributed by atoms with Crippen molar-refractivity contribution in [1.29, 1.82) is 0 Å². The van der Waals surface area contributed by atoms with E-state index in [-0.39, 0.29) is 24.0 Å². The third kappa shape index (κ3) is 6.40. The van der Waals surface area contributed by atoms with Crippen LogP contribution in [0.4, 0.5) is 0 Å². The van der Waals surface area contributed by atoms with Crippen LogP contribution in [0.25, 0.3) is 21.8 Å². The van der Waals surface area contributed by atoms with Crippen molar-refractivity contribution in [2.24, 2.45) is 7.05 Å². The topological polar surface area (TPSA) is 126 Å². The van der Waals surface area contributed by atoms with Gasteiger partial charge >= 0.3 is 0 Å². The van der Waals surface area contributed by atoms with Crippen LogP contribution in [0.5, 0.6) is 5.75 Å². The van der Waals surface area contributed by atoms with Crippen molar-refractivity contribution in [3.05, 3.63) is 71.5 Å². The molecular formula is C41H46N6O6. The Morgan fingerprint density at radius 2 is 1.60 bits per heavy atom. The summed E-state index contributed by atoms with van der Waals surface area (Å²) in [5.41, 5.74) is 4.46. The number of ether oxygens (including phenoxy) is 2. The Morgan fingerprint density at radius 3 is 2.40 bits per heavy atom. The van der Waals surface area contributed by atoms with Gasteiger partial charge in [0.2, 0.25) is 11.8 Å². The fourth-order valence-corrected chi connectivity index (χ4v) is 9.24. The lowest BCUT2D eigenvalue weighted by Crippen LogP contribution is -2.54. The van der Waals surface area contributed by atoms with Gasteiger partial charge in [-0.05, 0) is 99.8 Å². The van der Waals surface area contributed by atoms with E-state index in [2.05, 4.69) is 56.0 Å². The number of hydrogen-bond acceptors (Lipinski definition) is 9. The first-order valence-corrected chi connectivity index (χ1v) is 19.2. The second-order valence-corrected chi connectivity index (χ2v) is 15.5. The Hall–Kier alpha value is -4.65. The smallest absolute Gasteiger partial charge is 0.262 e. The zero-order valence-electron chi connectivity index (χ0n) is 30.2. The van der Waals surface area contributed by atoms with Crippen molar-refractivity contribution in [3.63, 3.8) is 0 Å². The van der Waals surface area contributed by atoms with Crippen LogP contribution in [0, 0.1) is 0 Å². The summed E-state index contributed by atoms with van der Waals surface area (Å²) in [6, 6.07) is 13.7. The summed E-state index contributed by atoms with van der Waals surface area (Å²) in [5, 5.41) is 4.73. The molecule has 0 radical (unpaired) electrons. The highest BCUT2D eigenvalue weighted by Gasteiger charge is 2.45. The maximum absolute atomic E-state index is 13.1. The van der Waals surface area contributed by atoms with Gasteiger partial charge in [-0.1, -0.05) is 12.1 Å². The van der Waals surface area contributed by atoms with Crippen molar-refractivity contribution < 1.29 is 28.7 Å². The molecule has 1 saturated carbocycles. The highest BCUT2D eigenvalue weighted by atomic mass is 16.5. The van der Waals surface area contributed by atoms with Gasteiger partial charge in [0.25, 0.3) is 11.8 Å². The number of pyridine rings is 1. The number of fused-ring (bicyclic) bond motifs is 4. The minimum atomic E-state index is -0.979. The third-order valence-electron chi connectivity index (χ3n) is 12.4. The molecule has 12 heteroatoms. The first kappa shape index (κ1) is 34.1. The molecule has 53 heavy (non-hydrogen) atoms. The molecule has 5 aliphatic rings. The van der Waals surface area contributed by atoms with Crippen molar-refractivity contribution in [2.45, 2.75) is 81.6 Å². The molecular weight excluding hydrogens is 672 g/mol. The molecule has 6 heterocycles. The maximum atomic E-state index is 13.1. The fourth-order valence-electron chi connectivity index (χ4n) is 9.24. The van der Waals surface area contributed by atoms with Crippen LogP contribution in [0.2, 0.25) is 0 Å². The number of amides is 4. The first-order valence-electron chi connectivity index (χ1n) is 19.2. The predicted molar refractivity (Wildman–Crippen MR) is 198 cm³/mol. The Morgan fingerprint density at radius 1 is 0.811 bits per heavy atom. The number of aryl methyl sites for hydroxylation is 1. The molecule has 0 spiro atoms. The molecule has 3 saturated heterocycles. The Kier molecular flexibility index (Phi) is 8.99. The van der Waals surface area contributed by atoms with Gasteiger partial charge in [0.1, 0.15) is 18.4 Å². The SMILES string of the molecule is Cn1c2ccncc2c2ccc(C3CCN([C@H]4C[C@@H](OC5CCN(CCOc6ccc7c(c6)C(=O)N(C6CCC(=O)NC6=O)C7=O)CC5)C4)CC3)cc21. The normalized spacial score (nSPS) is 24.9. The zero-order valence-corrected chi connectivity index (χ0v) is 30.2. The molecule has 0 bridgehead atoms. The minimum absolute atomic E-state index is 0.0906. The van der Waals surface area contributed by atoms with E-state index in [4.69, 9.17) is 9.47 Å². The first-order chi connectivity index (χ1) is 25.8. The van der Waals surface area contributed by atoms with Crippen molar-refractivity contribution >= 4 is 45.4 Å². The van der Waals surface area contributed by atoms with Crippen LogP contribution in [0.3, 0.4) is 0 Å². The quantitative estimate of drug-likeness (QED) is 0.251. The Balaban J connectivity index is 0.686. The number of imide groups is 2. The highest BCUT2D eigenvalue weighted by Crippen LogP contribution is 2.38. The number of nitrogens with zero attached hydrogens (tertiary/aromatic N) is 5. The van der Waals surface area contributed by atoms with Crippen molar-refractivity contribution in [2.75, 3.05) is 39.3 Å². The largest absolute Gasteiger partial charge is 0.492 e. The lowest BCUT2D eigenvalue weighted by Gasteiger charge is -2.47. The van der Waals surface area contributed by atoms with E-state index in [0.717, 1.165) is 63.3 Å². The fraction of sp³-hybridized carbons (Fsp3) is 0.488. The van der Waals surface area contributed by atoms with E-state index >= 15 is 0 Å². The van der Waals surface area contributed by atoms with Crippen LogP contribution in [0.1, 0.15) is 83.6 Å². The molecule has 1 unspecified atom stereocenters. The third-order valence-corrected chi connectivity index (χ3v) is 12.4. The van der Waals surface area contributed by atoms with Crippen LogP contribution in [0.15, 0.2) is 54.9 Å².